The summed E-state index contributed by atoms with van der Waals surface area (Å²) >= 11 is 0. The summed E-state index contributed by atoms with van der Waals surface area (Å²) in [6.45, 7) is 2.51. The summed E-state index contributed by atoms with van der Waals surface area (Å²) in [6, 6.07) is 0.923. The van der Waals surface area contributed by atoms with Crippen molar-refractivity contribution in [1.82, 2.24) is 24.6 Å². The Labute approximate surface area is 202 Å². The molecule has 188 valence electrons. The molecule has 0 spiro atoms. The van der Waals surface area contributed by atoms with Gasteiger partial charge in [-0.3, -0.25) is 14.3 Å². The Kier molecular flexibility index (Phi) is 6.06. The minimum Gasteiger partial charge on any atom is -0.362 e. The Hall–Kier alpha value is -4.03. The molecule has 2 atom stereocenters. The minimum absolute atomic E-state index is 0.000878. The number of rotatable bonds is 5. The molecular weight excluding hydrogens is 482 g/mol. The van der Waals surface area contributed by atoms with Crippen LogP contribution < -0.4 is 10.2 Å². The summed E-state index contributed by atoms with van der Waals surface area (Å²) in [6.07, 6.45) is 3.57. The van der Waals surface area contributed by atoms with E-state index in [2.05, 4.69) is 20.4 Å². The van der Waals surface area contributed by atoms with Crippen molar-refractivity contribution in [3.63, 3.8) is 0 Å². The van der Waals surface area contributed by atoms with Gasteiger partial charge in [0.05, 0.1) is 49.3 Å². The third-order valence-corrected chi connectivity index (χ3v) is 6.36. The van der Waals surface area contributed by atoms with Gasteiger partial charge in [-0.25, -0.2) is 27.5 Å². The Morgan fingerprint density at radius 1 is 1.11 bits per heavy atom. The summed E-state index contributed by atoms with van der Waals surface area (Å²) in [7, 11) is 0. The van der Waals surface area contributed by atoms with Crippen molar-refractivity contribution in [3.05, 3.63) is 65.4 Å². The third-order valence-electron chi connectivity index (χ3n) is 6.36. The van der Waals surface area contributed by atoms with E-state index in [0.717, 1.165) is 18.3 Å². The zero-order valence-electron chi connectivity index (χ0n) is 19.1. The average molecular weight is 503 g/mol. The Balaban J connectivity index is 1.32. The van der Waals surface area contributed by atoms with E-state index < -0.39 is 35.2 Å². The average Bonchev–Trinajstić information content (AvgIpc) is 3.40. The number of carbonyl (C=O) groups excluding carboxylic acids is 2. The van der Waals surface area contributed by atoms with Crippen LogP contribution in [0.2, 0.25) is 0 Å². The van der Waals surface area contributed by atoms with Gasteiger partial charge in [0.25, 0.3) is 0 Å². The second kappa shape index (κ2) is 9.21. The van der Waals surface area contributed by atoms with E-state index in [1.54, 1.807) is 10.9 Å². The number of carbonyl (C=O) groups is 2. The van der Waals surface area contributed by atoms with Gasteiger partial charge >= 0.3 is 0 Å². The molecule has 1 unspecified atom stereocenters. The van der Waals surface area contributed by atoms with Crippen LogP contribution in [-0.2, 0) is 29.1 Å². The molecule has 4 heterocycles. The number of hydrogen-bond donors (Lipinski definition) is 1. The highest BCUT2D eigenvalue weighted by Gasteiger charge is 2.36. The Bertz CT molecular complexity index is 1320. The van der Waals surface area contributed by atoms with Crippen LogP contribution >= 0.6 is 0 Å². The summed E-state index contributed by atoms with van der Waals surface area (Å²) in [5.41, 5.74) is 1.17. The predicted molar refractivity (Wildman–Crippen MR) is 119 cm³/mol. The van der Waals surface area contributed by atoms with Gasteiger partial charge < -0.3 is 15.1 Å². The van der Waals surface area contributed by atoms with Gasteiger partial charge in [0.1, 0.15) is 6.33 Å². The van der Waals surface area contributed by atoms with E-state index >= 15 is 0 Å². The zero-order valence-corrected chi connectivity index (χ0v) is 19.1. The first-order valence-corrected chi connectivity index (χ1v) is 11.2. The molecule has 36 heavy (non-hydrogen) atoms. The van der Waals surface area contributed by atoms with E-state index in [1.165, 1.54) is 16.1 Å². The van der Waals surface area contributed by atoms with Gasteiger partial charge in [-0.2, -0.15) is 5.10 Å². The molecule has 2 aliphatic rings. The number of halogens is 4. The van der Waals surface area contributed by atoms with E-state index in [-0.39, 0.29) is 49.3 Å². The highest BCUT2D eigenvalue weighted by molar-refractivity contribution is 5.97. The Morgan fingerprint density at radius 3 is 2.58 bits per heavy atom. The molecule has 1 N–H and O–H groups in total. The quantitative estimate of drug-likeness (QED) is 0.425. The lowest BCUT2D eigenvalue weighted by Gasteiger charge is -2.35. The van der Waals surface area contributed by atoms with Crippen LogP contribution in [0.3, 0.4) is 0 Å². The molecule has 0 aliphatic carbocycles. The molecule has 2 aromatic heterocycles. The summed E-state index contributed by atoms with van der Waals surface area (Å²) in [4.78, 5) is 36.3. The van der Waals surface area contributed by atoms with Crippen molar-refractivity contribution in [3.8, 4) is 0 Å². The molecule has 3 aromatic rings. The molecule has 2 aliphatic heterocycles. The van der Waals surface area contributed by atoms with Gasteiger partial charge in [-0.15, -0.1) is 0 Å². The molecule has 5 rings (SSSR count). The van der Waals surface area contributed by atoms with E-state index in [9.17, 15) is 27.2 Å². The lowest BCUT2D eigenvalue weighted by atomic mass is 10.1. The fourth-order valence-corrected chi connectivity index (χ4v) is 4.58. The maximum absolute atomic E-state index is 13.9. The summed E-state index contributed by atoms with van der Waals surface area (Å²) < 4.78 is 56.1. The molecule has 9 nitrogen and oxygen atoms in total. The normalized spacial score (nSPS) is 19.5. The van der Waals surface area contributed by atoms with Crippen LogP contribution in [0.25, 0.3) is 0 Å². The monoisotopic (exact) mass is 503 g/mol. The molecule has 13 heteroatoms. The summed E-state index contributed by atoms with van der Waals surface area (Å²) in [5, 5.41) is 7.28. The topological polar surface area (TPSA) is 96.2 Å². The summed E-state index contributed by atoms with van der Waals surface area (Å²) in [5.74, 6) is -5.54. The predicted octanol–water partition coefficient (Wildman–Crippen LogP) is 2.42. The number of fused-ring (bicyclic) bond motifs is 1. The fourth-order valence-electron chi connectivity index (χ4n) is 4.58. The van der Waals surface area contributed by atoms with E-state index in [1.807, 2.05) is 6.92 Å². The van der Waals surface area contributed by atoms with E-state index in [4.69, 9.17) is 0 Å². The first kappa shape index (κ1) is 23.7. The SMILES string of the molecule is C[C@H]1Cn2ncc(N3CC(Nc4ncncc4F)CC3=O)c2CN1C(=O)Cc1cc(F)c(F)c(F)c1. The minimum atomic E-state index is -1.59. The van der Waals surface area contributed by atoms with Crippen molar-refractivity contribution in [2.24, 2.45) is 0 Å². The standard InChI is InChI=1S/C23H21F4N7O2/c1-12-8-34-19(10-32(12)20(35)4-13-2-15(24)22(27)16(25)3-13)18(7-30-34)33-9-14(5-21(33)36)31-23-17(26)6-28-11-29-23/h2-3,6-7,11-12,14H,4-5,8-10H2,1H3,(H,28,29,31)/t12-,14?/m0/s1. The third kappa shape index (κ3) is 4.36. The number of nitrogens with zero attached hydrogens (tertiary/aromatic N) is 6. The molecule has 0 bridgehead atoms. The van der Waals surface area contributed by atoms with Crippen LogP contribution in [0.5, 0.6) is 0 Å². The molecule has 1 fully saturated rings. The van der Waals surface area contributed by atoms with E-state index in [0.29, 0.717) is 17.9 Å². The number of hydrogen-bond acceptors (Lipinski definition) is 6. The second-order valence-corrected chi connectivity index (χ2v) is 8.85. The van der Waals surface area contributed by atoms with Crippen LogP contribution in [0.4, 0.5) is 29.1 Å². The maximum Gasteiger partial charge on any atom is 0.229 e. The first-order valence-electron chi connectivity index (χ1n) is 11.2. The number of anilines is 2. The van der Waals surface area contributed by atoms with Crippen LogP contribution in [0.1, 0.15) is 24.6 Å². The molecule has 1 aromatic carbocycles. The van der Waals surface area contributed by atoms with Gasteiger partial charge in [0.2, 0.25) is 11.8 Å². The molecule has 2 amide bonds. The van der Waals surface area contributed by atoms with Gasteiger partial charge in [0, 0.05) is 19.0 Å². The number of nitrogens with one attached hydrogen (secondary N) is 1. The van der Waals surface area contributed by atoms with Crippen LogP contribution in [-0.4, -0.2) is 55.1 Å². The highest BCUT2D eigenvalue weighted by Crippen LogP contribution is 2.31. The van der Waals surface area contributed by atoms with Crippen molar-refractivity contribution in [1.29, 1.82) is 0 Å². The smallest absolute Gasteiger partial charge is 0.229 e. The highest BCUT2D eigenvalue weighted by atomic mass is 19.2. The molecule has 0 saturated carbocycles. The molecule has 0 radical (unpaired) electrons. The van der Waals surface area contributed by atoms with Gasteiger partial charge in [-0.1, -0.05) is 0 Å². The number of amides is 2. The van der Waals surface area contributed by atoms with Crippen molar-refractivity contribution in [2.75, 3.05) is 16.8 Å². The maximum atomic E-state index is 13.9. The van der Waals surface area contributed by atoms with Crippen LogP contribution in [0.15, 0.2) is 30.9 Å². The van der Waals surface area contributed by atoms with Crippen LogP contribution in [0, 0.1) is 23.3 Å². The lowest BCUT2D eigenvalue weighted by molar-refractivity contribution is -0.134. The second-order valence-electron chi connectivity index (χ2n) is 8.85. The largest absolute Gasteiger partial charge is 0.362 e. The van der Waals surface area contributed by atoms with Gasteiger partial charge in [-0.05, 0) is 24.6 Å². The lowest BCUT2D eigenvalue weighted by Crippen LogP contribution is -2.46. The fraction of sp³-hybridized carbons (Fsp3) is 0.348. The number of benzene rings is 1. The van der Waals surface area contributed by atoms with Crippen molar-refractivity contribution >= 4 is 23.3 Å². The van der Waals surface area contributed by atoms with Crippen molar-refractivity contribution in [2.45, 2.75) is 44.9 Å². The zero-order chi connectivity index (χ0) is 25.6. The Morgan fingerprint density at radius 2 is 1.86 bits per heavy atom. The number of aromatic nitrogens is 4. The van der Waals surface area contributed by atoms with Gasteiger partial charge in [0.15, 0.2) is 29.1 Å². The molecule has 1 saturated heterocycles. The first-order chi connectivity index (χ1) is 17.2. The molecular formula is C23H21F4N7O2. The van der Waals surface area contributed by atoms with Crippen molar-refractivity contribution < 1.29 is 27.2 Å².